The van der Waals surface area contributed by atoms with E-state index in [1.165, 1.54) is 31.4 Å². The quantitative estimate of drug-likeness (QED) is 0.688. The van der Waals surface area contributed by atoms with Gasteiger partial charge in [0.25, 0.3) is 5.78 Å². The van der Waals surface area contributed by atoms with E-state index in [-0.39, 0.29) is 18.6 Å². The van der Waals surface area contributed by atoms with Crippen LogP contribution in [0.25, 0.3) is 0 Å². The maximum absolute atomic E-state index is 13.5. The van der Waals surface area contributed by atoms with E-state index in [9.17, 15) is 31.1 Å². The third-order valence-corrected chi connectivity index (χ3v) is 4.77. The van der Waals surface area contributed by atoms with Gasteiger partial charge in [0.05, 0.1) is 19.3 Å². The Hall–Kier alpha value is -2.23. The lowest BCUT2D eigenvalue weighted by atomic mass is 9.73. The molecular weight excluding hydrogens is 394 g/mol. The van der Waals surface area contributed by atoms with Crippen LogP contribution in [0, 0.1) is 5.92 Å². The van der Waals surface area contributed by atoms with Crippen LogP contribution in [0.3, 0.4) is 0 Å². The van der Waals surface area contributed by atoms with Crippen molar-refractivity contribution in [2.24, 2.45) is 5.92 Å². The normalized spacial score (nSPS) is 25.8. The summed E-state index contributed by atoms with van der Waals surface area (Å²) in [6.07, 6.45) is -11.5. The molecule has 3 rings (SSSR count). The second-order valence-electron chi connectivity index (χ2n) is 6.48. The highest BCUT2D eigenvalue weighted by Crippen LogP contribution is 2.50. The Morgan fingerprint density at radius 2 is 1.75 bits per heavy atom. The van der Waals surface area contributed by atoms with Gasteiger partial charge in [0.2, 0.25) is 12.0 Å². The molecule has 0 aromatic heterocycles. The minimum atomic E-state index is -5.48. The zero-order valence-electron chi connectivity index (χ0n) is 14.6. The third kappa shape index (κ3) is 3.82. The van der Waals surface area contributed by atoms with Crippen molar-refractivity contribution in [2.75, 3.05) is 13.7 Å². The van der Waals surface area contributed by atoms with Crippen molar-refractivity contribution < 1.29 is 45.3 Å². The van der Waals surface area contributed by atoms with Crippen molar-refractivity contribution in [3.63, 3.8) is 0 Å². The number of Topliss-reactive ketones (excluding diaryl/α,β-unsaturated/α-hetero) is 1. The summed E-state index contributed by atoms with van der Waals surface area (Å²) in [6.45, 7) is 0.115. The number of rotatable bonds is 3. The summed E-state index contributed by atoms with van der Waals surface area (Å²) in [5, 5.41) is 0. The van der Waals surface area contributed by atoms with Crippen LogP contribution in [0.1, 0.15) is 24.3 Å². The summed E-state index contributed by atoms with van der Waals surface area (Å²) in [4.78, 5) is 12.0. The summed E-state index contributed by atoms with van der Waals surface area (Å²) in [7, 11) is 1.37. The molecule has 3 atom stereocenters. The second kappa shape index (κ2) is 7.31. The predicted molar refractivity (Wildman–Crippen MR) is 83.4 cm³/mol. The Morgan fingerprint density at radius 3 is 2.29 bits per heavy atom. The van der Waals surface area contributed by atoms with Crippen LogP contribution in [0.2, 0.25) is 0 Å². The monoisotopic (exact) mass is 410 g/mol. The molecule has 154 valence electrons. The SMILES string of the molecule is COc1ccc(C2C(C(=O)C(F)(F)F)=C(C(F)(F)F)OC3OCCCC32)cc1. The van der Waals surface area contributed by atoms with E-state index in [1.807, 2.05) is 0 Å². The number of carbonyl (C=O) groups is 1. The number of fused-ring (bicyclic) bond motifs is 1. The number of alkyl halides is 6. The number of ether oxygens (including phenoxy) is 3. The average molecular weight is 410 g/mol. The first-order chi connectivity index (χ1) is 13.0. The molecule has 10 heteroatoms. The number of hydrogen-bond donors (Lipinski definition) is 0. The number of ketones is 1. The van der Waals surface area contributed by atoms with Crippen LogP contribution in [0.15, 0.2) is 35.6 Å². The van der Waals surface area contributed by atoms with Crippen molar-refractivity contribution in [2.45, 2.75) is 37.4 Å². The minimum absolute atomic E-state index is 0.115. The zero-order chi connectivity index (χ0) is 20.7. The van der Waals surface area contributed by atoms with E-state index in [4.69, 9.17) is 14.2 Å². The van der Waals surface area contributed by atoms with Crippen LogP contribution < -0.4 is 4.74 Å². The topological polar surface area (TPSA) is 44.8 Å². The van der Waals surface area contributed by atoms with E-state index in [1.54, 1.807) is 0 Å². The van der Waals surface area contributed by atoms with E-state index in [0.29, 0.717) is 12.2 Å². The van der Waals surface area contributed by atoms with Crippen molar-refractivity contribution in [1.29, 1.82) is 0 Å². The van der Waals surface area contributed by atoms with Gasteiger partial charge < -0.3 is 14.2 Å². The molecule has 1 saturated heterocycles. The highest BCUT2D eigenvalue weighted by atomic mass is 19.4. The van der Waals surface area contributed by atoms with E-state index in [2.05, 4.69) is 0 Å². The van der Waals surface area contributed by atoms with Gasteiger partial charge in [-0.15, -0.1) is 0 Å². The molecule has 1 fully saturated rings. The first-order valence-corrected chi connectivity index (χ1v) is 8.39. The molecule has 2 heterocycles. The van der Waals surface area contributed by atoms with Crippen LogP contribution in [0.4, 0.5) is 26.3 Å². The Balaban J connectivity index is 2.21. The van der Waals surface area contributed by atoms with Crippen LogP contribution in [-0.4, -0.2) is 38.1 Å². The Labute approximate surface area is 156 Å². The summed E-state index contributed by atoms with van der Waals surface area (Å²) >= 11 is 0. The molecule has 0 aliphatic carbocycles. The number of methoxy groups -OCH3 is 1. The number of carbonyl (C=O) groups excluding carboxylic acids is 1. The number of benzene rings is 1. The summed E-state index contributed by atoms with van der Waals surface area (Å²) in [6, 6.07) is 5.51. The van der Waals surface area contributed by atoms with Gasteiger partial charge in [-0.05, 0) is 30.5 Å². The summed E-state index contributed by atoms with van der Waals surface area (Å²) < 4.78 is 95.1. The van der Waals surface area contributed by atoms with Crippen molar-refractivity contribution in [3.05, 3.63) is 41.2 Å². The van der Waals surface area contributed by atoms with Gasteiger partial charge in [-0.2, -0.15) is 26.3 Å². The molecule has 0 amide bonds. The standard InChI is InChI=1S/C18H16F6O4/c1-26-10-6-4-9(5-7-10)12-11-3-2-8-27-16(11)28-15(18(22,23)24)13(12)14(25)17(19,20)21/h4-7,11-12,16H,2-3,8H2,1H3. The third-order valence-electron chi connectivity index (χ3n) is 4.77. The maximum atomic E-state index is 13.5. The van der Waals surface area contributed by atoms with Gasteiger partial charge in [-0.25, -0.2) is 0 Å². The first-order valence-electron chi connectivity index (χ1n) is 8.39. The predicted octanol–water partition coefficient (Wildman–Crippen LogP) is 4.51. The smallest absolute Gasteiger partial charge is 0.454 e. The zero-order valence-corrected chi connectivity index (χ0v) is 14.6. The molecule has 0 bridgehead atoms. The summed E-state index contributed by atoms with van der Waals surface area (Å²) in [5.74, 6) is -6.48. The Morgan fingerprint density at radius 1 is 1.11 bits per heavy atom. The molecule has 0 N–H and O–H groups in total. The van der Waals surface area contributed by atoms with Crippen molar-refractivity contribution in [3.8, 4) is 5.75 Å². The van der Waals surface area contributed by atoms with E-state index in [0.717, 1.165) is 0 Å². The molecule has 1 aromatic rings. The van der Waals surface area contributed by atoms with Crippen molar-refractivity contribution >= 4 is 5.78 Å². The van der Waals surface area contributed by atoms with Gasteiger partial charge in [0.15, 0.2) is 0 Å². The molecule has 1 aromatic carbocycles. The molecular formula is C18H16F6O4. The van der Waals surface area contributed by atoms with Crippen LogP contribution in [0.5, 0.6) is 5.75 Å². The Bertz CT molecular complexity index is 766. The van der Waals surface area contributed by atoms with E-state index >= 15 is 0 Å². The minimum Gasteiger partial charge on any atom is -0.497 e. The van der Waals surface area contributed by atoms with Gasteiger partial charge in [-0.3, -0.25) is 4.79 Å². The molecule has 28 heavy (non-hydrogen) atoms. The fourth-order valence-electron chi connectivity index (χ4n) is 3.60. The lowest BCUT2D eigenvalue weighted by molar-refractivity contribution is -0.229. The largest absolute Gasteiger partial charge is 0.497 e. The molecule has 2 aliphatic heterocycles. The number of allylic oxidation sites excluding steroid dienone is 2. The highest BCUT2D eigenvalue weighted by Gasteiger charge is 2.56. The van der Waals surface area contributed by atoms with Crippen LogP contribution in [-0.2, 0) is 14.3 Å². The van der Waals surface area contributed by atoms with Gasteiger partial charge in [-0.1, -0.05) is 12.1 Å². The van der Waals surface area contributed by atoms with Crippen molar-refractivity contribution in [1.82, 2.24) is 0 Å². The molecule has 0 saturated carbocycles. The molecule has 4 nitrogen and oxygen atoms in total. The number of halogens is 6. The lowest BCUT2D eigenvalue weighted by Gasteiger charge is -2.43. The van der Waals surface area contributed by atoms with Gasteiger partial charge in [0.1, 0.15) is 5.75 Å². The molecule has 0 spiro atoms. The fourth-order valence-corrected chi connectivity index (χ4v) is 3.60. The average Bonchev–Trinajstić information content (AvgIpc) is 2.64. The molecule has 3 unspecified atom stereocenters. The van der Waals surface area contributed by atoms with Gasteiger partial charge >= 0.3 is 12.4 Å². The Kier molecular flexibility index (Phi) is 5.35. The molecule has 2 aliphatic rings. The number of hydrogen-bond acceptors (Lipinski definition) is 4. The second-order valence-corrected chi connectivity index (χ2v) is 6.48. The molecule has 0 radical (unpaired) electrons. The summed E-state index contributed by atoms with van der Waals surface area (Å²) in [5.41, 5.74) is -1.31. The highest BCUT2D eigenvalue weighted by molar-refractivity contribution is 6.01. The van der Waals surface area contributed by atoms with Crippen LogP contribution >= 0.6 is 0 Å². The fraction of sp³-hybridized carbons (Fsp3) is 0.500. The van der Waals surface area contributed by atoms with E-state index < -0.39 is 47.6 Å². The maximum Gasteiger partial charge on any atom is 0.454 e. The first kappa shape index (κ1) is 20.5. The van der Waals surface area contributed by atoms with Gasteiger partial charge in [0, 0.05) is 11.8 Å². The lowest BCUT2D eigenvalue weighted by Crippen LogP contribution is -2.45.